The average Bonchev–Trinajstić information content (AvgIpc) is 3.48. The van der Waals surface area contributed by atoms with Crippen molar-refractivity contribution in [3.63, 3.8) is 0 Å². The summed E-state index contributed by atoms with van der Waals surface area (Å²) in [5.41, 5.74) is 0. The van der Waals surface area contributed by atoms with E-state index in [9.17, 15) is 0 Å². The highest BCUT2D eigenvalue weighted by molar-refractivity contribution is 5.88. The number of anilines is 1. The lowest BCUT2D eigenvalue weighted by atomic mass is 10.1. The van der Waals surface area contributed by atoms with Gasteiger partial charge < -0.3 is 9.64 Å². The normalized spacial score (nSPS) is 16.7. The van der Waals surface area contributed by atoms with Gasteiger partial charge in [-0.15, -0.1) is 0 Å². The number of fused-ring (bicyclic) bond motifs is 1. The van der Waals surface area contributed by atoms with Gasteiger partial charge in [-0.2, -0.15) is 5.10 Å². The third-order valence-corrected chi connectivity index (χ3v) is 5.08. The number of hydrogen-bond donors (Lipinski definition) is 0. The van der Waals surface area contributed by atoms with E-state index >= 15 is 0 Å². The quantitative estimate of drug-likeness (QED) is 0.508. The summed E-state index contributed by atoms with van der Waals surface area (Å²) in [5, 5.41) is 18.7. The van der Waals surface area contributed by atoms with Gasteiger partial charge in [-0.1, -0.05) is 41.5 Å². The highest BCUT2D eigenvalue weighted by atomic mass is 16.5. The fourth-order valence-corrected chi connectivity index (χ4v) is 3.68. The van der Waals surface area contributed by atoms with Crippen molar-refractivity contribution in [2.24, 2.45) is 0 Å². The first-order valence-electron chi connectivity index (χ1n) is 9.34. The molecule has 2 aromatic heterocycles. The van der Waals surface area contributed by atoms with E-state index in [1.165, 1.54) is 5.39 Å². The third kappa shape index (κ3) is 3.15. The van der Waals surface area contributed by atoms with Crippen LogP contribution in [0.3, 0.4) is 0 Å². The lowest BCUT2D eigenvalue weighted by molar-refractivity contribution is 0.293. The van der Waals surface area contributed by atoms with Crippen molar-refractivity contribution in [3.8, 4) is 5.75 Å². The van der Waals surface area contributed by atoms with Crippen molar-refractivity contribution in [2.75, 3.05) is 24.6 Å². The lowest BCUT2D eigenvalue weighted by Crippen LogP contribution is -2.25. The zero-order valence-corrected chi connectivity index (χ0v) is 15.3. The van der Waals surface area contributed by atoms with Gasteiger partial charge in [0, 0.05) is 18.5 Å². The Morgan fingerprint density at radius 1 is 1.11 bits per heavy atom. The van der Waals surface area contributed by atoms with Crippen LogP contribution < -0.4 is 9.64 Å². The van der Waals surface area contributed by atoms with Gasteiger partial charge in [0.25, 0.3) is 0 Å². The molecular weight excluding hydrogens is 356 g/mol. The fraction of sp³-hybridized carbons (Fsp3) is 0.316. The SMILES string of the molecule is c1ccc2c(OCCn3nnnc3N3CCC(n4cncn4)C3)cccc2c1. The van der Waals surface area contributed by atoms with Crippen molar-refractivity contribution in [1.29, 1.82) is 0 Å². The van der Waals surface area contributed by atoms with Gasteiger partial charge in [0.15, 0.2) is 0 Å². The zero-order chi connectivity index (χ0) is 18.8. The van der Waals surface area contributed by atoms with Gasteiger partial charge in [-0.25, -0.2) is 14.3 Å². The number of aromatic nitrogens is 7. The Balaban J connectivity index is 1.25. The van der Waals surface area contributed by atoms with Gasteiger partial charge in [-0.05, 0) is 28.3 Å². The minimum absolute atomic E-state index is 0.291. The predicted molar refractivity (Wildman–Crippen MR) is 103 cm³/mol. The number of tetrazole rings is 1. The van der Waals surface area contributed by atoms with Crippen LogP contribution in [0.5, 0.6) is 5.75 Å². The summed E-state index contributed by atoms with van der Waals surface area (Å²) in [7, 11) is 0. The predicted octanol–water partition coefficient (Wildman–Crippen LogP) is 1.95. The first-order chi connectivity index (χ1) is 13.9. The second-order valence-electron chi connectivity index (χ2n) is 6.79. The molecule has 142 valence electrons. The molecule has 1 saturated heterocycles. The molecular formula is C19H20N8O. The topological polar surface area (TPSA) is 86.8 Å². The van der Waals surface area contributed by atoms with Crippen LogP contribution in [-0.2, 0) is 6.54 Å². The van der Waals surface area contributed by atoms with Gasteiger partial charge in [-0.3, -0.25) is 0 Å². The Kier molecular flexibility index (Phi) is 4.32. The molecule has 0 aliphatic carbocycles. The molecule has 4 aromatic rings. The van der Waals surface area contributed by atoms with Crippen molar-refractivity contribution >= 4 is 16.7 Å². The summed E-state index contributed by atoms with van der Waals surface area (Å²) >= 11 is 0. The zero-order valence-electron chi connectivity index (χ0n) is 15.3. The van der Waals surface area contributed by atoms with E-state index in [1.54, 1.807) is 17.3 Å². The van der Waals surface area contributed by atoms with E-state index in [0.29, 0.717) is 19.2 Å². The van der Waals surface area contributed by atoms with E-state index in [0.717, 1.165) is 36.6 Å². The van der Waals surface area contributed by atoms with Crippen molar-refractivity contribution in [3.05, 3.63) is 55.1 Å². The number of benzene rings is 2. The summed E-state index contributed by atoms with van der Waals surface area (Å²) in [5.74, 6) is 1.64. The van der Waals surface area contributed by atoms with Crippen LogP contribution in [0.1, 0.15) is 12.5 Å². The van der Waals surface area contributed by atoms with Crippen molar-refractivity contribution in [2.45, 2.75) is 19.0 Å². The van der Waals surface area contributed by atoms with Crippen LogP contribution in [0.4, 0.5) is 5.95 Å². The van der Waals surface area contributed by atoms with Gasteiger partial charge >= 0.3 is 0 Å². The molecule has 0 amide bonds. The maximum absolute atomic E-state index is 6.03. The molecule has 1 fully saturated rings. The van der Waals surface area contributed by atoms with E-state index in [4.69, 9.17) is 4.74 Å². The molecule has 0 saturated carbocycles. The highest BCUT2D eigenvalue weighted by Gasteiger charge is 2.28. The first kappa shape index (κ1) is 16.7. The van der Waals surface area contributed by atoms with E-state index in [1.807, 2.05) is 28.9 Å². The Bertz CT molecular complexity index is 1060. The largest absolute Gasteiger partial charge is 0.491 e. The molecule has 0 bridgehead atoms. The van der Waals surface area contributed by atoms with Crippen LogP contribution in [-0.4, -0.2) is 54.7 Å². The van der Waals surface area contributed by atoms with Crippen LogP contribution in [0, 0.1) is 0 Å². The van der Waals surface area contributed by atoms with Crippen molar-refractivity contribution < 1.29 is 4.74 Å². The van der Waals surface area contributed by atoms with E-state index in [2.05, 4.69) is 48.7 Å². The summed E-state index contributed by atoms with van der Waals surface area (Å²) < 4.78 is 9.73. The average molecular weight is 376 g/mol. The molecule has 0 spiro atoms. The summed E-state index contributed by atoms with van der Waals surface area (Å²) in [4.78, 5) is 6.22. The smallest absolute Gasteiger partial charge is 0.245 e. The summed E-state index contributed by atoms with van der Waals surface area (Å²) in [6.07, 6.45) is 4.31. The first-order valence-corrected chi connectivity index (χ1v) is 9.34. The molecule has 1 aliphatic heterocycles. The second kappa shape index (κ2) is 7.26. The molecule has 5 rings (SSSR count). The summed E-state index contributed by atoms with van der Waals surface area (Å²) in [6.45, 7) is 2.77. The van der Waals surface area contributed by atoms with E-state index < -0.39 is 0 Å². The standard InChI is InChI=1S/C19H20N8O/c1-2-6-17-15(4-1)5-3-7-18(17)28-11-10-26-19(22-23-24-26)25-9-8-16(12-25)27-14-20-13-21-27/h1-7,13-14,16H,8-12H2. The fourth-order valence-electron chi connectivity index (χ4n) is 3.68. The third-order valence-electron chi connectivity index (χ3n) is 5.08. The Morgan fingerprint density at radius 2 is 2.04 bits per heavy atom. The number of rotatable bonds is 6. The molecule has 3 heterocycles. The molecule has 2 aromatic carbocycles. The Morgan fingerprint density at radius 3 is 2.96 bits per heavy atom. The lowest BCUT2D eigenvalue weighted by Gasteiger charge is -2.17. The maximum atomic E-state index is 6.03. The number of ether oxygens (including phenoxy) is 1. The second-order valence-corrected chi connectivity index (χ2v) is 6.79. The Hall–Kier alpha value is -3.49. The molecule has 28 heavy (non-hydrogen) atoms. The van der Waals surface area contributed by atoms with Crippen molar-refractivity contribution in [1.82, 2.24) is 35.0 Å². The monoisotopic (exact) mass is 376 g/mol. The number of hydrogen-bond acceptors (Lipinski definition) is 7. The molecule has 9 nitrogen and oxygen atoms in total. The molecule has 0 N–H and O–H groups in total. The molecule has 1 unspecified atom stereocenters. The minimum Gasteiger partial charge on any atom is -0.491 e. The van der Waals surface area contributed by atoms with E-state index in [-0.39, 0.29) is 0 Å². The number of nitrogens with zero attached hydrogens (tertiary/aromatic N) is 8. The molecule has 1 aliphatic rings. The molecule has 0 radical (unpaired) electrons. The maximum Gasteiger partial charge on any atom is 0.245 e. The van der Waals surface area contributed by atoms with Gasteiger partial charge in [0.2, 0.25) is 5.95 Å². The van der Waals surface area contributed by atoms with Crippen LogP contribution >= 0.6 is 0 Å². The minimum atomic E-state index is 0.291. The molecule has 1 atom stereocenters. The van der Waals surface area contributed by atoms with Gasteiger partial charge in [0.1, 0.15) is 25.0 Å². The van der Waals surface area contributed by atoms with Crippen LogP contribution in [0.25, 0.3) is 10.8 Å². The highest BCUT2D eigenvalue weighted by Crippen LogP contribution is 2.26. The Labute approximate surface area is 161 Å². The summed E-state index contributed by atoms with van der Waals surface area (Å²) in [6, 6.07) is 14.6. The molecule has 9 heteroatoms. The van der Waals surface area contributed by atoms with Crippen LogP contribution in [0.15, 0.2) is 55.1 Å². The van der Waals surface area contributed by atoms with Crippen LogP contribution in [0.2, 0.25) is 0 Å². The van der Waals surface area contributed by atoms with Gasteiger partial charge in [0.05, 0.1) is 12.6 Å².